The Hall–Kier alpha value is -2.36. The number of nitrogens with one attached hydrogen (secondary N) is 3. The maximum Gasteiger partial charge on any atom is 0.216 e. The number of furan rings is 1. The van der Waals surface area contributed by atoms with Gasteiger partial charge in [0.05, 0.1) is 12.8 Å². The molecule has 2 heterocycles. The molecular weight excluding hydrogens is 455 g/mol. The molecule has 3 N–H and O–H groups in total. The average molecular weight is 478 g/mol. The van der Waals surface area contributed by atoms with E-state index in [1.807, 2.05) is 12.1 Å². The van der Waals surface area contributed by atoms with E-state index in [-0.39, 0.29) is 29.4 Å². The third-order valence-corrected chi connectivity index (χ3v) is 4.75. The number of hydrogen-bond acceptors (Lipinski definition) is 4. The number of benzene rings is 1. The highest BCUT2D eigenvalue weighted by Gasteiger charge is 2.43. The molecule has 0 radical (unpaired) electrons. The van der Waals surface area contributed by atoms with Gasteiger partial charge in [-0.25, -0.2) is 4.98 Å². The van der Waals surface area contributed by atoms with Crippen LogP contribution in [0.1, 0.15) is 24.2 Å². The van der Waals surface area contributed by atoms with Crippen molar-refractivity contribution >= 4 is 29.9 Å². The van der Waals surface area contributed by atoms with E-state index in [1.165, 1.54) is 18.4 Å². The summed E-state index contributed by atoms with van der Waals surface area (Å²) >= 11 is 0. The van der Waals surface area contributed by atoms with Crippen molar-refractivity contribution in [3.8, 4) is 11.6 Å². The number of hydrogen-bond donors (Lipinski definition) is 3. The van der Waals surface area contributed by atoms with Crippen LogP contribution in [-0.4, -0.2) is 34.7 Å². The first-order valence-corrected chi connectivity index (χ1v) is 8.74. The minimum atomic E-state index is 0. The summed E-state index contributed by atoms with van der Waals surface area (Å²) in [6.45, 7) is 1.37. The molecule has 0 amide bonds. The molecule has 8 heteroatoms. The number of nitrogens with zero attached hydrogens (tertiary/aromatic N) is 3. The molecule has 0 atom stereocenters. The molecule has 7 nitrogen and oxygen atoms in total. The van der Waals surface area contributed by atoms with Crippen molar-refractivity contribution in [2.24, 2.45) is 4.99 Å². The molecule has 0 bridgehead atoms. The molecule has 142 valence electrons. The summed E-state index contributed by atoms with van der Waals surface area (Å²) in [6.07, 6.45) is 4.01. The van der Waals surface area contributed by atoms with Crippen molar-refractivity contribution in [2.75, 3.05) is 13.6 Å². The zero-order valence-corrected chi connectivity index (χ0v) is 17.4. The molecule has 1 saturated carbocycles. The summed E-state index contributed by atoms with van der Waals surface area (Å²) in [5.41, 5.74) is 1.62. The van der Waals surface area contributed by atoms with Crippen LogP contribution in [0, 0.1) is 0 Å². The van der Waals surface area contributed by atoms with E-state index < -0.39 is 0 Å². The highest BCUT2D eigenvalue weighted by molar-refractivity contribution is 14.0. The van der Waals surface area contributed by atoms with Crippen LogP contribution in [0.5, 0.6) is 0 Å². The molecular formula is C19H23IN6O. The second-order valence-corrected chi connectivity index (χ2v) is 6.51. The first-order chi connectivity index (χ1) is 12.8. The number of aromatic nitrogens is 3. The average Bonchev–Trinajstić information content (AvgIpc) is 3.09. The van der Waals surface area contributed by atoms with Crippen molar-refractivity contribution in [2.45, 2.75) is 24.8 Å². The Balaban J connectivity index is 0.00000210. The Kier molecular flexibility index (Phi) is 6.15. The summed E-state index contributed by atoms with van der Waals surface area (Å²) in [4.78, 5) is 8.72. The Bertz CT molecular complexity index is 871. The highest BCUT2D eigenvalue weighted by atomic mass is 127. The molecule has 0 spiro atoms. The normalized spacial score (nSPS) is 15.1. The van der Waals surface area contributed by atoms with Gasteiger partial charge in [-0.05, 0) is 30.5 Å². The van der Waals surface area contributed by atoms with Crippen molar-refractivity contribution in [3.05, 3.63) is 60.1 Å². The molecule has 1 aliphatic rings. The monoisotopic (exact) mass is 478 g/mol. The molecule has 1 aliphatic carbocycles. The summed E-state index contributed by atoms with van der Waals surface area (Å²) < 4.78 is 5.30. The minimum Gasteiger partial charge on any atom is -0.461 e. The van der Waals surface area contributed by atoms with Gasteiger partial charge < -0.3 is 15.1 Å². The van der Waals surface area contributed by atoms with E-state index in [2.05, 4.69) is 61.1 Å². The van der Waals surface area contributed by atoms with Crippen LogP contribution >= 0.6 is 24.0 Å². The smallest absolute Gasteiger partial charge is 0.216 e. The lowest BCUT2D eigenvalue weighted by atomic mass is 9.96. The van der Waals surface area contributed by atoms with Gasteiger partial charge in [-0.3, -0.25) is 10.1 Å². The van der Waals surface area contributed by atoms with Gasteiger partial charge in [-0.15, -0.1) is 29.1 Å². The fourth-order valence-electron chi connectivity index (χ4n) is 3.04. The van der Waals surface area contributed by atoms with Crippen molar-refractivity contribution in [1.29, 1.82) is 0 Å². The zero-order valence-electron chi connectivity index (χ0n) is 15.1. The summed E-state index contributed by atoms with van der Waals surface area (Å²) in [5.74, 6) is 2.68. The van der Waals surface area contributed by atoms with Gasteiger partial charge in [0.1, 0.15) is 5.82 Å². The van der Waals surface area contributed by atoms with E-state index >= 15 is 0 Å². The molecule has 1 fully saturated rings. The number of halogens is 1. The summed E-state index contributed by atoms with van der Waals surface area (Å²) in [7, 11) is 1.77. The van der Waals surface area contributed by atoms with Crippen LogP contribution in [0.2, 0.25) is 0 Å². The SMILES string of the molecule is CN=C(NCc1nc(-c2ccco2)n[nH]1)NCC1(c2ccccc2)CC1.I. The van der Waals surface area contributed by atoms with E-state index in [4.69, 9.17) is 4.42 Å². The Morgan fingerprint density at radius 1 is 1.19 bits per heavy atom. The third-order valence-electron chi connectivity index (χ3n) is 4.75. The second-order valence-electron chi connectivity index (χ2n) is 6.51. The predicted molar refractivity (Wildman–Crippen MR) is 115 cm³/mol. The highest BCUT2D eigenvalue weighted by Crippen LogP contribution is 2.47. The van der Waals surface area contributed by atoms with Crippen LogP contribution in [0.3, 0.4) is 0 Å². The predicted octanol–water partition coefficient (Wildman–Crippen LogP) is 3.08. The second kappa shape index (κ2) is 8.55. The van der Waals surface area contributed by atoms with E-state index in [0.717, 1.165) is 18.3 Å². The van der Waals surface area contributed by atoms with Crippen LogP contribution in [0.15, 0.2) is 58.1 Å². The number of aliphatic imine (C=N–C) groups is 1. The quantitative estimate of drug-likeness (QED) is 0.288. The van der Waals surface area contributed by atoms with Crippen molar-refractivity contribution in [3.63, 3.8) is 0 Å². The molecule has 0 saturated heterocycles. The molecule has 1 aromatic carbocycles. The van der Waals surface area contributed by atoms with Crippen LogP contribution < -0.4 is 10.6 Å². The number of guanidine groups is 1. The standard InChI is InChI=1S/C19H22N6O.HI/c1-20-18(22-13-19(9-10-19)14-6-3-2-4-7-14)21-12-16-23-17(25-24-16)15-8-5-11-26-15;/h2-8,11H,9-10,12-13H2,1H3,(H2,20,21,22)(H,23,24,25);1H. The summed E-state index contributed by atoms with van der Waals surface area (Å²) in [6, 6.07) is 14.3. The number of rotatable bonds is 6. The number of H-pyrrole nitrogens is 1. The molecule has 0 aliphatic heterocycles. The largest absolute Gasteiger partial charge is 0.461 e. The Morgan fingerprint density at radius 3 is 2.67 bits per heavy atom. The molecule has 2 aromatic heterocycles. The van der Waals surface area contributed by atoms with Crippen molar-refractivity contribution in [1.82, 2.24) is 25.8 Å². The number of aromatic amines is 1. The van der Waals surface area contributed by atoms with Crippen LogP contribution in [0.4, 0.5) is 0 Å². The summed E-state index contributed by atoms with van der Waals surface area (Å²) in [5, 5.41) is 13.8. The molecule has 3 aromatic rings. The van der Waals surface area contributed by atoms with Gasteiger partial charge in [0.2, 0.25) is 5.82 Å². The fourth-order valence-corrected chi connectivity index (χ4v) is 3.04. The molecule has 0 unspecified atom stereocenters. The lowest BCUT2D eigenvalue weighted by Crippen LogP contribution is -2.41. The Morgan fingerprint density at radius 2 is 2.00 bits per heavy atom. The lowest BCUT2D eigenvalue weighted by molar-refractivity contribution is 0.577. The van der Waals surface area contributed by atoms with Gasteiger partial charge in [0.15, 0.2) is 11.7 Å². The van der Waals surface area contributed by atoms with Gasteiger partial charge in [-0.1, -0.05) is 30.3 Å². The van der Waals surface area contributed by atoms with Gasteiger partial charge in [-0.2, -0.15) is 0 Å². The lowest BCUT2D eigenvalue weighted by Gasteiger charge is -2.18. The molecule has 4 rings (SSSR count). The first kappa shape index (κ1) is 19.4. The maximum absolute atomic E-state index is 5.30. The van der Waals surface area contributed by atoms with E-state index in [1.54, 1.807) is 13.3 Å². The van der Waals surface area contributed by atoms with Crippen LogP contribution in [-0.2, 0) is 12.0 Å². The van der Waals surface area contributed by atoms with Gasteiger partial charge >= 0.3 is 0 Å². The van der Waals surface area contributed by atoms with Crippen LogP contribution in [0.25, 0.3) is 11.6 Å². The zero-order chi connectivity index (χ0) is 17.8. The van der Waals surface area contributed by atoms with E-state index in [0.29, 0.717) is 18.1 Å². The topological polar surface area (TPSA) is 91.1 Å². The van der Waals surface area contributed by atoms with E-state index in [9.17, 15) is 0 Å². The van der Waals surface area contributed by atoms with Gasteiger partial charge in [0, 0.05) is 19.0 Å². The maximum atomic E-state index is 5.30. The molecule has 27 heavy (non-hydrogen) atoms. The fraction of sp³-hybridized carbons (Fsp3) is 0.316. The van der Waals surface area contributed by atoms with Gasteiger partial charge in [0.25, 0.3) is 0 Å². The van der Waals surface area contributed by atoms with Crippen molar-refractivity contribution < 1.29 is 4.42 Å². The minimum absolute atomic E-state index is 0. The Labute approximate surface area is 175 Å². The first-order valence-electron chi connectivity index (χ1n) is 8.74. The third kappa shape index (κ3) is 4.49.